The van der Waals surface area contributed by atoms with Crippen LogP contribution < -0.4 is 5.32 Å². The van der Waals surface area contributed by atoms with Crippen molar-refractivity contribution in [2.75, 3.05) is 32.8 Å². The summed E-state index contributed by atoms with van der Waals surface area (Å²) < 4.78 is 33.2. The van der Waals surface area contributed by atoms with E-state index < -0.39 is 11.6 Å². The van der Waals surface area contributed by atoms with E-state index in [1.165, 1.54) is 0 Å². The Morgan fingerprint density at radius 3 is 2.90 bits per heavy atom. The summed E-state index contributed by atoms with van der Waals surface area (Å²) in [6.07, 6.45) is -0.167. The molecule has 0 amide bonds. The minimum atomic E-state index is -0.812. The van der Waals surface area contributed by atoms with E-state index in [1.54, 1.807) is 12.1 Å². The molecule has 1 aliphatic heterocycles. The van der Waals surface area contributed by atoms with Crippen LogP contribution in [0.5, 0.6) is 0 Å². The van der Waals surface area contributed by atoms with Crippen LogP contribution >= 0.6 is 0 Å². The monoisotopic (exact) mass is 284 g/mol. The molecule has 5 heteroatoms. The van der Waals surface area contributed by atoms with Crippen molar-refractivity contribution in [2.24, 2.45) is 0 Å². The third kappa shape index (κ3) is 3.34. The highest BCUT2D eigenvalue weighted by Crippen LogP contribution is 2.26. The van der Waals surface area contributed by atoms with Gasteiger partial charge in [-0.25, -0.2) is 8.78 Å². The Kier molecular flexibility index (Phi) is 5.46. The number of likely N-dealkylation sites (N-methyl/N-ethyl adjacent to an activating group) is 2. The van der Waals surface area contributed by atoms with E-state index in [4.69, 9.17) is 4.74 Å². The number of morpholine rings is 1. The normalized spacial score (nSPS) is 21.9. The summed E-state index contributed by atoms with van der Waals surface area (Å²) in [6.45, 7) is 7.88. The predicted molar refractivity (Wildman–Crippen MR) is 74.6 cm³/mol. The molecule has 1 heterocycles. The van der Waals surface area contributed by atoms with Gasteiger partial charge in [0.05, 0.1) is 18.8 Å². The van der Waals surface area contributed by atoms with Crippen molar-refractivity contribution in [3.8, 4) is 0 Å². The molecule has 1 fully saturated rings. The van der Waals surface area contributed by atoms with Crippen LogP contribution in [0.4, 0.5) is 8.78 Å². The van der Waals surface area contributed by atoms with E-state index in [9.17, 15) is 8.78 Å². The van der Waals surface area contributed by atoms with Crippen molar-refractivity contribution in [1.82, 2.24) is 10.2 Å². The zero-order chi connectivity index (χ0) is 14.5. The Bertz CT molecular complexity index is 442. The first kappa shape index (κ1) is 15.4. The molecule has 1 aromatic rings. The molecule has 0 bridgehead atoms. The molecule has 0 radical (unpaired) electrons. The third-order valence-corrected chi connectivity index (χ3v) is 3.74. The molecule has 0 saturated carbocycles. The third-order valence-electron chi connectivity index (χ3n) is 3.74. The Morgan fingerprint density at radius 1 is 1.40 bits per heavy atom. The van der Waals surface area contributed by atoms with Gasteiger partial charge in [-0.05, 0) is 19.2 Å². The van der Waals surface area contributed by atoms with E-state index in [0.717, 1.165) is 25.7 Å². The average Bonchev–Trinajstić information content (AvgIpc) is 2.48. The highest BCUT2D eigenvalue weighted by atomic mass is 19.2. The molecule has 1 aliphatic rings. The molecule has 2 rings (SSSR count). The second-order valence-electron chi connectivity index (χ2n) is 4.98. The van der Waals surface area contributed by atoms with E-state index in [0.29, 0.717) is 18.7 Å². The fourth-order valence-electron chi connectivity index (χ4n) is 2.64. The van der Waals surface area contributed by atoms with Crippen LogP contribution in [0.1, 0.15) is 25.5 Å². The maximum absolute atomic E-state index is 14.0. The minimum Gasteiger partial charge on any atom is -0.374 e. The van der Waals surface area contributed by atoms with Gasteiger partial charge in [0.25, 0.3) is 0 Å². The predicted octanol–water partition coefficient (Wildman–Crippen LogP) is 2.34. The van der Waals surface area contributed by atoms with Gasteiger partial charge >= 0.3 is 0 Å². The van der Waals surface area contributed by atoms with E-state index in [1.807, 2.05) is 6.92 Å². The van der Waals surface area contributed by atoms with Crippen LogP contribution in [0.2, 0.25) is 0 Å². The van der Waals surface area contributed by atoms with Crippen LogP contribution in [0.3, 0.4) is 0 Å². The van der Waals surface area contributed by atoms with Crippen LogP contribution in [0.25, 0.3) is 0 Å². The van der Waals surface area contributed by atoms with Gasteiger partial charge in [-0.1, -0.05) is 26.0 Å². The molecule has 20 heavy (non-hydrogen) atoms. The lowest BCUT2D eigenvalue weighted by Gasteiger charge is -2.37. The van der Waals surface area contributed by atoms with Gasteiger partial charge < -0.3 is 10.1 Å². The summed E-state index contributed by atoms with van der Waals surface area (Å²) in [4.78, 5) is 2.26. The largest absolute Gasteiger partial charge is 0.374 e. The summed E-state index contributed by atoms with van der Waals surface area (Å²) in [5.41, 5.74) is 0.342. The van der Waals surface area contributed by atoms with Gasteiger partial charge in [-0.3, -0.25) is 4.90 Å². The molecule has 1 saturated heterocycles. The molecular weight excluding hydrogens is 262 g/mol. The number of benzene rings is 1. The number of rotatable bonds is 5. The lowest BCUT2D eigenvalue weighted by atomic mass is 9.99. The van der Waals surface area contributed by atoms with Gasteiger partial charge in [-0.2, -0.15) is 0 Å². The van der Waals surface area contributed by atoms with Crippen LogP contribution in [-0.4, -0.2) is 43.8 Å². The molecule has 3 nitrogen and oxygen atoms in total. The lowest BCUT2D eigenvalue weighted by molar-refractivity contribution is -0.0459. The van der Waals surface area contributed by atoms with Crippen LogP contribution in [0.15, 0.2) is 18.2 Å². The Morgan fingerprint density at radius 2 is 2.20 bits per heavy atom. The zero-order valence-corrected chi connectivity index (χ0v) is 12.0. The van der Waals surface area contributed by atoms with Crippen molar-refractivity contribution in [2.45, 2.75) is 26.0 Å². The maximum atomic E-state index is 14.0. The van der Waals surface area contributed by atoms with Crippen LogP contribution in [0, 0.1) is 11.6 Å². The maximum Gasteiger partial charge on any atom is 0.163 e. The first-order chi connectivity index (χ1) is 9.67. The highest BCUT2D eigenvalue weighted by Gasteiger charge is 2.30. The summed E-state index contributed by atoms with van der Waals surface area (Å²) in [7, 11) is 0. The molecule has 0 spiro atoms. The van der Waals surface area contributed by atoms with E-state index in [2.05, 4.69) is 17.1 Å². The van der Waals surface area contributed by atoms with Gasteiger partial charge in [0, 0.05) is 18.7 Å². The summed E-state index contributed by atoms with van der Waals surface area (Å²) in [6, 6.07) is 3.98. The fraction of sp³-hybridized carbons (Fsp3) is 0.600. The quantitative estimate of drug-likeness (QED) is 0.898. The summed E-state index contributed by atoms with van der Waals surface area (Å²) >= 11 is 0. The molecule has 0 aromatic heterocycles. The second kappa shape index (κ2) is 7.11. The zero-order valence-electron chi connectivity index (χ0n) is 12.0. The molecular formula is C15H22F2N2O. The topological polar surface area (TPSA) is 24.5 Å². The Hall–Kier alpha value is -1.04. The van der Waals surface area contributed by atoms with Crippen molar-refractivity contribution >= 4 is 0 Å². The standard InChI is InChI=1S/C15H22F2N2O/c1-3-18-15(11-6-5-7-12(16)14(11)17)13-10-19(4-2)8-9-20-13/h5-7,13,15,18H,3-4,8-10H2,1-2H3. The number of nitrogens with one attached hydrogen (secondary N) is 1. The van der Waals surface area contributed by atoms with Crippen molar-refractivity contribution < 1.29 is 13.5 Å². The number of hydrogen-bond donors (Lipinski definition) is 1. The van der Waals surface area contributed by atoms with E-state index in [-0.39, 0.29) is 12.1 Å². The van der Waals surface area contributed by atoms with Gasteiger partial charge in [0.2, 0.25) is 0 Å². The molecule has 1 N–H and O–H groups in total. The molecule has 2 unspecified atom stereocenters. The molecule has 112 valence electrons. The number of nitrogens with zero attached hydrogens (tertiary/aromatic N) is 1. The smallest absolute Gasteiger partial charge is 0.163 e. The molecule has 2 atom stereocenters. The number of hydrogen-bond acceptors (Lipinski definition) is 3. The SMILES string of the molecule is CCNC(c1cccc(F)c1F)C1CN(CC)CCO1. The average molecular weight is 284 g/mol. The number of ether oxygens (including phenoxy) is 1. The van der Waals surface area contributed by atoms with E-state index >= 15 is 0 Å². The molecule has 0 aliphatic carbocycles. The Labute approximate surface area is 118 Å². The second-order valence-corrected chi connectivity index (χ2v) is 4.98. The number of halogens is 2. The van der Waals surface area contributed by atoms with Gasteiger partial charge in [0.1, 0.15) is 0 Å². The Balaban J connectivity index is 2.23. The first-order valence-electron chi connectivity index (χ1n) is 7.18. The highest BCUT2D eigenvalue weighted by molar-refractivity contribution is 5.24. The van der Waals surface area contributed by atoms with Crippen molar-refractivity contribution in [3.63, 3.8) is 0 Å². The van der Waals surface area contributed by atoms with Gasteiger partial charge in [-0.15, -0.1) is 0 Å². The van der Waals surface area contributed by atoms with Gasteiger partial charge in [0.15, 0.2) is 11.6 Å². The lowest BCUT2D eigenvalue weighted by Crippen LogP contribution is -2.48. The molecule has 1 aromatic carbocycles. The van der Waals surface area contributed by atoms with Crippen molar-refractivity contribution in [3.05, 3.63) is 35.4 Å². The van der Waals surface area contributed by atoms with Crippen LogP contribution in [-0.2, 0) is 4.74 Å². The first-order valence-corrected chi connectivity index (χ1v) is 7.18. The minimum absolute atomic E-state index is 0.167. The summed E-state index contributed by atoms with van der Waals surface area (Å²) in [5.74, 6) is -1.59. The fourth-order valence-corrected chi connectivity index (χ4v) is 2.64. The van der Waals surface area contributed by atoms with Crippen molar-refractivity contribution in [1.29, 1.82) is 0 Å². The summed E-state index contributed by atoms with van der Waals surface area (Å²) in [5, 5.41) is 3.22.